The second-order valence-electron chi connectivity index (χ2n) is 10.4. The summed E-state index contributed by atoms with van der Waals surface area (Å²) in [5, 5.41) is 23.6. The van der Waals surface area contributed by atoms with E-state index in [0.29, 0.717) is 10.5 Å². The normalized spacial score (nSPS) is 19.8. The lowest BCUT2D eigenvalue weighted by Crippen LogP contribution is -2.53. The molecule has 19 nitrogen and oxygen atoms in total. The molecule has 264 valence electrons. The summed E-state index contributed by atoms with van der Waals surface area (Å²) in [6.07, 6.45) is -1.42. The number of carbonyl (C=O) groups is 6. The Labute approximate surface area is 273 Å². The molecule has 1 saturated heterocycles. The Bertz CT molecular complexity index is 1500. The molecule has 0 aliphatic carbocycles. The maximum absolute atomic E-state index is 12.5. The van der Waals surface area contributed by atoms with E-state index in [-0.39, 0.29) is 57.3 Å². The molecule has 2 aliphatic rings. The molecule has 4 unspecified atom stereocenters. The molecule has 0 aromatic heterocycles. The standard InChI is InChI=1S/C28H35N3O16S/c1-16(32)45-14-17-2-3-19(46-26-11-18(33)10-22(47-26)28(38)39)12-21(17)44-9-8-43-7-6-29-27(37)20(15-48(40,41)42)30-23(34)13-31-24(35)4-5-25(31)36/h2-5,12,18,20,22,26,33H,6-11,13-15H2,1H3,(H,29,37)(H,30,34)(H,38,39)(H,40,41,42). The first-order valence-corrected chi connectivity index (χ1v) is 16.0. The number of carboxylic acids is 1. The average molecular weight is 702 g/mol. The summed E-state index contributed by atoms with van der Waals surface area (Å²) in [5.74, 6) is -6.05. The Balaban J connectivity index is 1.48. The number of nitrogens with zero attached hydrogens (tertiary/aromatic N) is 1. The van der Waals surface area contributed by atoms with Crippen molar-refractivity contribution in [1.82, 2.24) is 15.5 Å². The van der Waals surface area contributed by atoms with Gasteiger partial charge in [0.15, 0.2) is 6.10 Å². The molecule has 2 heterocycles. The quantitative estimate of drug-likeness (QED) is 0.0474. The van der Waals surface area contributed by atoms with Crippen LogP contribution in [0.1, 0.15) is 25.3 Å². The predicted octanol–water partition coefficient (Wildman–Crippen LogP) is -2.11. The molecular weight excluding hydrogens is 666 g/mol. The summed E-state index contributed by atoms with van der Waals surface area (Å²) in [6.45, 7) is -0.0128. The highest BCUT2D eigenvalue weighted by Crippen LogP contribution is 2.29. The number of aliphatic hydroxyl groups is 1. The number of carboxylic acid groups (broad SMARTS) is 1. The zero-order valence-corrected chi connectivity index (χ0v) is 26.4. The number of amides is 4. The summed E-state index contributed by atoms with van der Waals surface area (Å²) < 4.78 is 59.3. The van der Waals surface area contributed by atoms with Crippen molar-refractivity contribution >= 4 is 45.7 Å². The fraction of sp³-hybridized carbons (Fsp3) is 0.500. The van der Waals surface area contributed by atoms with Crippen molar-refractivity contribution in [2.24, 2.45) is 0 Å². The van der Waals surface area contributed by atoms with E-state index < -0.39 is 82.5 Å². The first-order valence-electron chi connectivity index (χ1n) is 14.4. The number of rotatable bonds is 18. The van der Waals surface area contributed by atoms with E-state index in [1.807, 2.05) is 0 Å². The van der Waals surface area contributed by atoms with Crippen LogP contribution in [0.15, 0.2) is 30.4 Å². The Hall–Kier alpha value is -4.63. The van der Waals surface area contributed by atoms with Gasteiger partial charge in [-0.15, -0.1) is 0 Å². The van der Waals surface area contributed by atoms with Gasteiger partial charge in [0.25, 0.3) is 21.9 Å². The van der Waals surface area contributed by atoms with Gasteiger partial charge in [-0.1, -0.05) is 0 Å². The van der Waals surface area contributed by atoms with Gasteiger partial charge in [0, 0.05) is 50.1 Å². The number of benzene rings is 1. The SMILES string of the molecule is CC(=O)OCc1ccc(OC2CC(O)CC(C(=O)O)O2)cc1OCCOCCNC(=O)C(CS(=O)(=O)O)NC(=O)CN1C(=O)C=CC1=O. The minimum Gasteiger partial charge on any atom is -0.491 e. The summed E-state index contributed by atoms with van der Waals surface area (Å²) in [6, 6.07) is 2.77. The van der Waals surface area contributed by atoms with E-state index in [4.69, 9.17) is 23.7 Å². The molecule has 4 atom stereocenters. The summed E-state index contributed by atoms with van der Waals surface area (Å²) in [4.78, 5) is 71.3. The van der Waals surface area contributed by atoms with Crippen molar-refractivity contribution in [3.63, 3.8) is 0 Å². The number of nitrogens with one attached hydrogen (secondary N) is 2. The van der Waals surface area contributed by atoms with Crippen molar-refractivity contribution in [3.05, 3.63) is 35.9 Å². The smallest absolute Gasteiger partial charge is 0.333 e. The van der Waals surface area contributed by atoms with E-state index in [1.54, 1.807) is 6.07 Å². The van der Waals surface area contributed by atoms with Crippen molar-refractivity contribution in [2.45, 2.75) is 50.9 Å². The van der Waals surface area contributed by atoms with Gasteiger partial charge in [-0.05, 0) is 12.1 Å². The minimum atomic E-state index is -4.73. The number of esters is 1. The highest BCUT2D eigenvalue weighted by molar-refractivity contribution is 7.85. The average Bonchev–Trinajstić information content (AvgIpc) is 3.30. The van der Waals surface area contributed by atoms with Crippen molar-refractivity contribution < 1.29 is 75.6 Å². The third-order valence-corrected chi connectivity index (χ3v) is 7.30. The molecule has 1 aromatic carbocycles. The predicted molar refractivity (Wildman–Crippen MR) is 158 cm³/mol. The number of aliphatic hydroxyl groups excluding tert-OH is 1. The lowest BCUT2D eigenvalue weighted by molar-refractivity contribution is -0.195. The third-order valence-electron chi connectivity index (χ3n) is 6.54. The van der Waals surface area contributed by atoms with Crippen LogP contribution in [0.4, 0.5) is 0 Å². The van der Waals surface area contributed by atoms with Crippen LogP contribution < -0.4 is 20.1 Å². The monoisotopic (exact) mass is 701 g/mol. The summed E-state index contributed by atoms with van der Waals surface area (Å²) in [5.41, 5.74) is 0.458. The van der Waals surface area contributed by atoms with Crippen LogP contribution >= 0.6 is 0 Å². The van der Waals surface area contributed by atoms with Gasteiger partial charge in [0.2, 0.25) is 18.1 Å². The summed E-state index contributed by atoms with van der Waals surface area (Å²) in [7, 11) is -4.73. The van der Waals surface area contributed by atoms with Crippen LogP contribution in [0.5, 0.6) is 11.5 Å². The van der Waals surface area contributed by atoms with E-state index >= 15 is 0 Å². The van der Waals surface area contributed by atoms with Gasteiger partial charge in [-0.3, -0.25) is 33.4 Å². The molecule has 48 heavy (non-hydrogen) atoms. The highest BCUT2D eigenvalue weighted by atomic mass is 32.2. The number of hydrogen-bond donors (Lipinski definition) is 5. The second-order valence-corrected chi connectivity index (χ2v) is 11.9. The van der Waals surface area contributed by atoms with Crippen molar-refractivity contribution in [3.8, 4) is 11.5 Å². The van der Waals surface area contributed by atoms with Crippen LogP contribution in [0.2, 0.25) is 0 Å². The Morgan fingerprint density at radius 2 is 1.79 bits per heavy atom. The lowest BCUT2D eigenvalue weighted by atomic mass is 10.1. The molecule has 0 radical (unpaired) electrons. The van der Waals surface area contributed by atoms with Crippen LogP contribution in [0.3, 0.4) is 0 Å². The van der Waals surface area contributed by atoms with Gasteiger partial charge >= 0.3 is 11.9 Å². The Kier molecular flexibility index (Phi) is 13.8. The molecule has 4 amide bonds. The molecule has 0 bridgehead atoms. The first kappa shape index (κ1) is 37.8. The van der Waals surface area contributed by atoms with E-state index in [2.05, 4.69) is 10.6 Å². The van der Waals surface area contributed by atoms with Crippen LogP contribution in [0.25, 0.3) is 0 Å². The van der Waals surface area contributed by atoms with Gasteiger partial charge in [-0.25, -0.2) is 4.79 Å². The topological polar surface area (TPSA) is 271 Å². The zero-order valence-electron chi connectivity index (χ0n) is 25.6. The number of hydrogen-bond acceptors (Lipinski definition) is 14. The molecule has 3 rings (SSSR count). The number of carbonyl (C=O) groups excluding carboxylic acids is 5. The van der Waals surface area contributed by atoms with Gasteiger partial charge in [0.1, 0.15) is 43.1 Å². The molecule has 5 N–H and O–H groups in total. The van der Waals surface area contributed by atoms with Crippen molar-refractivity contribution in [2.75, 3.05) is 38.7 Å². The largest absolute Gasteiger partial charge is 0.491 e. The molecule has 2 aliphatic heterocycles. The maximum atomic E-state index is 12.5. The van der Waals surface area contributed by atoms with Crippen molar-refractivity contribution in [1.29, 1.82) is 0 Å². The Morgan fingerprint density at radius 1 is 1.08 bits per heavy atom. The van der Waals surface area contributed by atoms with Gasteiger partial charge < -0.3 is 44.5 Å². The maximum Gasteiger partial charge on any atom is 0.333 e. The van der Waals surface area contributed by atoms with Crippen LogP contribution in [-0.2, 0) is 59.7 Å². The second kappa shape index (κ2) is 17.5. The number of aliphatic carboxylic acids is 1. The first-order chi connectivity index (χ1) is 22.6. The molecule has 0 saturated carbocycles. The molecular formula is C28H35N3O16S. The van der Waals surface area contributed by atoms with Gasteiger partial charge in [0.05, 0.1) is 19.3 Å². The Morgan fingerprint density at radius 3 is 2.44 bits per heavy atom. The fourth-order valence-corrected chi connectivity index (χ4v) is 4.99. The van der Waals surface area contributed by atoms with Gasteiger partial charge in [-0.2, -0.15) is 8.42 Å². The highest BCUT2D eigenvalue weighted by Gasteiger charge is 2.34. The molecule has 1 aromatic rings. The minimum absolute atomic E-state index is 0.0245. The van der Waals surface area contributed by atoms with E-state index in [1.165, 1.54) is 19.1 Å². The number of ether oxygens (including phenoxy) is 5. The summed E-state index contributed by atoms with van der Waals surface area (Å²) >= 11 is 0. The van der Waals surface area contributed by atoms with E-state index in [0.717, 1.165) is 12.2 Å². The third kappa shape index (κ3) is 12.5. The zero-order chi connectivity index (χ0) is 35.4. The molecule has 20 heteroatoms. The van der Waals surface area contributed by atoms with Crippen LogP contribution in [0, 0.1) is 0 Å². The lowest BCUT2D eigenvalue weighted by Gasteiger charge is -2.31. The number of imide groups is 1. The van der Waals surface area contributed by atoms with Crippen LogP contribution in [-0.4, -0.2) is 127 Å². The molecule has 1 fully saturated rings. The fourth-order valence-electron chi connectivity index (χ4n) is 4.33. The van der Waals surface area contributed by atoms with E-state index in [9.17, 15) is 52.0 Å². The molecule has 0 spiro atoms.